The Morgan fingerprint density at radius 3 is 2.65 bits per heavy atom. The number of hydrogen-bond donors (Lipinski definition) is 2. The third-order valence-electron chi connectivity index (χ3n) is 2.63. The molecule has 2 aromatic rings. The van der Waals surface area contributed by atoms with Crippen LogP contribution in [0.1, 0.15) is 10.4 Å². The Morgan fingerprint density at radius 1 is 1.25 bits per heavy atom. The van der Waals surface area contributed by atoms with Gasteiger partial charge in [0.25, 0.3) is 5.91 Å². The van der Waals surface area contributed by atoms with Crippen LogP contribution in [0.5, 0.6) is 5.75 Å². The average Bonchev–Trinajstić information content (AvgIpc) is 2.44. The zero-order valence-corrected chi connectivity index (χ0v) is 12.8. The van der Waals surface area contributed by atoms with Crippen molar-refractivity contribution < 1.29 is 9.90 Å². The van der Waals surface area contributed by atoms with Crippen molar-refractivity contribution in [1.29, 1.82) is 0 Å². The molecule has 0 aromatic heterocycles. The summed E-state index contributed by atoms with van der Waals surface area (Å²) in [6.45, 7) is 0. The number of carbonyl (C=O) groups is 1. The molecule has 0 aliphatic heterocycles. The lowest BCUT2D eigenvalue weighted by Crippen LogP contribution is -2.13. The fourth-order valence-electron chi connectivity index (χ4n) is 1.68. The minimum absolute atomic E-state index is 0.0888. The third kappa shape index (κ3) is 3.20. The van der Waals surface area contributed by atoms with Gasteiger partial charge in [-0.15, -0.1) is 11.8 Å². The van der Waals surface area contributed by atoms with Crippen LogP contribution < -0.4 is 5.32 Å². The first kappa shape index (κ1) is 15.0. The largest absolute Gasteiger partial charge is 0.504 e. The van der Waals surface area contributed by atoms with E-state index in [0.717, 1.165) is 4.90 Å². The number of amides is 1. The van der Waals surface area contributed by atoms with Crippen LogP contribution in [0.4, 0.5) is 5.69 Å². The summed E-state index contributed by atoms with van der Waals surface area (Å²) in [6.07, 6.45) is 1.89. The van der Waals surface area contributed by atoms with Gasteiger partial charge in [-0.1, -0.05) is 35.3 Å². The number of hydrogen-bond acceptors (Lipinski definition) is 3. The first-order valence-electron chi connectivity index (χ1n) is 5.65. The zero-order chi connectivity index (χ0) is 14.7. The Hall–Kier alpha value is -1.36. The van der Waals surface area contributed by atoms with Gasteiger partial charge in [0.2, 0.25) is 0 Å². The highest BCUT2D eigenvalue weighted by Crippen LogP contribution is 2.35. The van der Waals surface area contributed by atoms with Gasteiger partial charge in [-0.2, -0.15) is 0 Å². The predicted molar refractivity (Wildman–Crippen MR) is 84.3 cm³/mol. The smallest absolute Gasteiger partial charge is 0.256 e. The molecule has 3 nitrogen and oxygen atoms in total. The molecule has 0 fully saturated rings. The molecule has 0 radical (unpaired) electrons. The fourth-order valence-corrected chi connectivity index (χ4v) is 2.77. The maximum absolute atomic E-state index is 12.2. The highest BCUT2D eigenvalue weighted by atomic mass is 35.5. The average molecular weight is 328 g/mol. The number of phenols is 1. The van der Waals surface area contributed by atoms with Crippen molar-refractivity contribution in [1.82, 2.24) is 0 Å². The highest BCUT2D eigenvalue weighted by molar-refractivity contribution is 7.98. The number of phenolic OH excluding ortho intramolecular Hbond substituents is 1. The van der Waals surface area contributed by atoms with E-state index in [-0.39, 0.29) is 22.4 Å². The molecule has 0 saturated carbocycles. The number of carbonyl (C=O) groups excluding carboxylic acids is 1. The second-order valence-corrected chi connectivity index (χ2v) is 5.63. The van der Waals surface area contributed by atoms with Crippen LogP contribution in [0.25, 0.3) is 0 Å². The number of nitrogens with one attached hydrogen (secondary N) is 1. The van der Waals surface area contributed by atoms with Crippen LogP contribution in [0.2, 0.25) is 10.0 Å². The van der Waals surface area contributed by atoms with Gasteiger partial charge in [-0.25, -0.2) is 0 Å². The van der Waals surface area contributed by atoms with Gasteiger partial charge in [0, 0.05) is 9.92 Å². The van der Waals surface area contributed by atoms with Crippen LogP contribution >= 0.6 is 35.0 Å². The van der Waals surface area contributed by atoms with Gasteiger partial charge < -0.3 is 10.4 Å². The van der Waals surface area contributed by atoms with E-state index in [1.807, 2.05) is 18.4 Å². The molecule has 0 unspecified atom stereocenters. The predicted octanol–water partition coefficient (Wildman–Crippen LogP) is 4.67. The van der Waals surface area contributed by atoms with Crippen LogP contribution in [0, 0.1) is 0 Å². The molecule has 2 rings (SSSR count). The molecule has 0 bridgehead atoms. The van der Waals surface area contributed by atoms with Gasteiger partial charge in [0.15, 0.2) is 5.75 Å². The molecule has 0 saturated heterocycles. The maximum atomic E-state index is 12.2. The number of halogens is 2. The topological polar surface area (TPSA) is 49.3 Å². The quantitative estimate of drug-likeness (QED) is 0.636. The van der Waals surface area contributed by atoms with Gasteiger partial charge in [0.1, 0.15) is 0 Å². The van der Waals surface area contributed by atoms with E-state index in [1.54, 1.807) is 12.1 Å². The summed E-state index contributed by atoms with van der Waals surface area (Å²) in [5.41, 5.74) is 0.707. The molecule has 0 aliphatic carbocycles. The van der Waals surface area contributed by atoms with Crippen LogP contribution in [0.3, 0.4) is 0 Å². The van der Waals surface area contributed by atoms with E-state index in [2.05, 4.69) is 5.32 Å². The highest BCUT2D eigenvalue weighted by Gasteiger charge is 2.14. The molecule has 2 aromatic carbocycles. The van der Waals surface area contributed by atoms with Crippen LogP contribution in [-0.4, -0.2) is 17.3 Å². The number of benzene rings is 2. The molecule has 104 valence electrons. The van der Waals surface area contributed by atoms with Crippen molar-refractivity contribution in [2.45, 2.75) is 4.90 Å². The van der Waals surface area contributed by atoms with Crippen molar-refractivity contribution in [2.24, 2.45) is 0 Å². The SMILES string of the molecule is CSc1ccccc1C(=O)Nc1cc(Cl)cc(Cl)c1O. The Bertz CT molecular complexity index is 662. The number of anilines is 1. The van der Waals surface area contributed by atoms with Crippen LogP contribution in [0.15, 0.2) is 41.3 Å². The van der Waals surface area contributed by atoms with E-state index < -0.39 is 0 Å². The number of thioether (sulfide) groups is 1. The van der Waals surface area contributed by atoms with Gasteiger partial charge in [-0.05, 0) is 30.5 Å². The Morgan fingerprint density at radius 2 is 1.95 bits per heavy atom. The first-order valence-corrected chi connectivity index (χ1v) is 7.63. The molecule has 20 heavy (non-hydrogen) atoms. The minimum atomic E-state index is -0.330. The molecule has 6 heteroatoms. The van der Waals surface area contributed by atoms with Crippen molar-refractivity contribution >= 4 is 46.6 Å². The molecular formula is C14H11Cl2NO2S. The molecule has 0 aliphatic rings. The third-order valence-corrected chi connectivity index (χ3v) is 3.93. The Kier molecular flexibility index (Phi) is 4.81. The Balaban J connectivity index is 2.33. The normalized spacial score (nSPS) is 10.3. The van der Waals surface area contributed by atoms with E-state index in [0.29, 0.717) is 10.6 Å². The zero-order valence-electron chi connectivity index (χ0n) is 10.5. The maximum Gasteiger partial charge on any atom is 0.256 e. The lowest BCUT2D eigenvalue weighted by molar-refractivity contribution is 0.102. The van der Waals surface area contributed by atoms with E-state index in [1.165, 1.54) is 23.9 Å². The summed E-state index contributed by atoms with van der Waals surface area (Å²) in [5, 5.41) is 12.9. The summed E-state index contributed by atoms with van der Waals surface area (Å²) in [6, 6.07) is 10.1. The second kappa shape index (κ2) is 6.39. The van der Waals surface area contributed by atoms with E-state index >= 15 is 0 Å². The second-order valence-electron chi connectivity index (χ2n) is 3.94. The molecule has 0 spiro atoms. The van der Waals surface area contributed by atoms with Gasteiger partial charge >= 0.3 is 0 Å². The summed E-state index contributed by atoms with van der Waals surface area (Å²) >= 11 is 13.1. The van der Waals surface area contributed by atoms with Crippen molar-refractivity contribution in [2.75, 3.05) is 11.6 Å². The van der Waals surface area contributed by atoms with Crippen LogP contribution in [-0.2, 0) is 0 Å². The Labute approximate surface area is 130 Å². The molecule has 0 heterocycles. The number of aromatic hydroxyl groups is 1. The summed E-state index contributed by atoms with van der Waals surface area (Å²) in [5.74, 6) is -0.533. The van der Waals surface area contributed by atoms with Crippen molar-refractivity contribution in [3.05, 3.63) is 52.0 Å². The fraction of sp³-hybridized carbons (Fsp3) is 0.0714. The standard InChI is InChI=1S/C14H11Cl2NO2S/c1-20-12-5-3-2-4-9(12)14(19)17-11-7-8(15)6-10(16)13(11)18/h2-7,18H,1H3,(H,17,19). The molecule has 2 N–H and O–H groups in total. The van der Waals surface area contributed by atoms with Gasteiger partial charge in [-0.3, -0.25) is 4.79 Å². The van der Waals surface area contributed by atoms with E-state index in [9.17, 15) is 9.90 Å². The first-order chi connectivity index (χ1) is 9.52. The molecular weight excluding hydrogens is 317 g/mol. The van der Waals surface area contributed by atoms with Gasteiger partial charge in [0.05, 0.1) is 16.3 Å². The number of rotatable bonds is 3. The summed E-state index contributed by atoms with van der Waals surface area (Å²) in [4.78, 5) is 13.1. The lowest BCUT2D eigenvalue weighted by atomic mass is 10.2. The summed E-state index contributed by atoms with van der Waals surface area (Å²) in [7, 11) is 0. The monoisotopic (exact) mass is 327 g/mol. The van der Waals surface area contributed by atoms with Crippen molar-refractivity contribution in [3.8, 4) is 5.75 Å². The molecule has 1 amide bonds. The molecule has 0 atom stereocenters. The van der Waals surface area contributed by atoms with Crippen molar-refractivity contribution in [3.63, 3.8) is 0 Å². The summed E-state index contributed by atoms with van der Waals surface area (Å²) < 4.78 is 0. The minimum Gasteiger partial charge on any atom is -0.504 e. The lowest BCUT2D eigenvalue weighted by Gasteiger charge is -2.11. The van der Waals surface area contributed by atoms with E-state index in [4.69, 9.17) is 23.2 Å².